The molecule has 2 fully saturated rings. The summed E-state index contributed by atoms with van der Waals surface area (Å²) in [6.07, 6.45) is 2.11. The van der Waals surface area contributed by atoms with Gasteiger partial charge in [-0.05, 0) is 134 Å². The van der Waals surface area contributed by atoms with Crippen molar-refractivity contribution in [1.82, 2.24) is 51.1 Å². The van der Waals surface area contributed by atoms with Gasteiger partial charge in [-0.25, -0.2) is 35.9 Å². The van der Waals surface area contributed by atoms with Crippen molar-refractivity contribution in [2.45, 2.75) is 73.6 Å². The van der Waals surface area contributed by atoms with Gasteiger partial charge in [0.25, 0.3) is 0 Å². The highest BCUT2D eigenvalue weighted by atomic mass is 32.2. The highest BCUT2D eigenvalue weighted by Crippen LogP contribution is 2.42. The van der Waals surface area contributed by atoms with E-state index in [1.54, 1.807) is 24.3 Å². The molecule has 2 aliphatic heterocycles. The number of fused-ring (bicyclic) bond motifs is 2. The lowest BCUT2D eigenvalue weighted by Crippen LogP contribution is -2.50. The summed E-state index contributed by atoms with van der Waals surface area (Å²) in [4.78, 5) is 29.3. The molecule has 0 bridgehead atoms. The van der Waals surface area contributed by atoms with Crippen LogP contribution in [0.4, 0.5) is 9.59 Å². The summed E-state index contributed by atoms with van der Waals surface area (Å²) >= 11 is 0. The fourth-order valence-electron chi connectivity index (χ4n) is 11.1. The molecule has 8 N–H and O–H groups in total. The van der Waals surface area contributed by atoms with Crippen LogP contribution in [0.3, 0.4) is 0 Å². The Morgan fingerprint density at radius 3 is 1.22 bits per heavy atom. The number of amides is 4. The number of nitrogens with zero attached hydrogens (tertiary/aromatic N) is 4. The van der Waals surface area contributed by atoms with Gasteiger partial charge in [-0.1, -0.05) is 12.1 Å². The van der Waals surface area contributed by atoms with Gasteiger partial charge >= 0.3 is 12.1 Å². The summed E-state index contributed by atoms with van der Waals surface area (Å²) in [5.74, 6) is 1.09. The van der Waals surface area contributed by atoms with Crippen molar-refractivity contribution in [2.75, 3.05) is 144 Å². The average Bonchev–Trinajstić information content (AvgIpc) is 2.98. The van der Waals surface area contributed by atoms with E-state index in [1.165, 1.54) is 24.3 Å². The first-order valence-corrected chi connectivity index (χ1v) is 32.5. The molecule has 86 heavy (non-hydrogen) atoms. The lowest BCUT2D eigenvalue weighted by molar-refractivity contribution is 0.0516. The number of hydrogen-bond donors (Lipinski definition) is 8. The molecule has 2 heterocycles. The zero-order valence-corrected chi connectivity index (χ0v) is 50.8. The number of carbonyl (C=O) groups is 2. The van der Waals surface area contributed by atoms with Crippen LogP contribution < -0.4 is 50.8 Å². The summed E-state index contributed by atoms with van der Waals surface area (Å²) in [7, 11) is -7.61. The molecule has 0 radical (unpaired) electrons. The van der Waals surface area contributed by atoms with Crippen molar-refractivity contribution in [3.8, 4) is 23.6 Å². The second-order valence-corrected chi connectivity index (χ2v) is 25.0. The minimum Gasteiger partial charge on any atom is -0.484 e. The number of aryl methyl sites for hydroxylation is 2. The molecule has 0 spiro atoms. The van der Waals surface area contributed by atoms with Crippen LogP contribution in [0.15, 0.2) is 82.6 Å². The maximum Gasteiger partial charge on any atom is 0.314 e. The van der Waals surface area contributed by atoms with E-state index >= 15 is 0 Å². The van der Waals surface area contributed by atoms with Gasteiger partial charge in [0.15, 0.2) is 0 Å². The van der Waals surface area contributed by atoms with E-state index in [9.17, 15) is 36.9 Å². The molecular weight excluding hydrogens is 1140 g/mol. The Bertz CT molecular complexity index is 2960. The van der Waals surface area contributed by atoms with Gasteiger partial charge in [-0.2, -0.15) is 10.5 Å². The number of sulfonamides is 2. The Morgan fingerprint density at radius 1 is 0.512 bits per heavy atom. The topological polar surface area (TPSA) is 308 Å². The number of carbonyl (C=O) groups excluding carboxylic acids is 2. The second-order valence-electron chi connectivity index (χ2n) is 21.4. The number of nitriles is 2. The molecule has 2 aliphatic carbocycles. The second kappa shape index (κ2) is 33.0. The van der Waals surface area contributed by atoms with E-state index in [1.807, 2.05) is 26.0 Å². The van der Waals surface area contributed by atoms with Crippen molar-refractivity contribution in [3.63, 3.8) is 0 Å². The van der Waals surface area contributed by atoms with Crippen molar-refractivity contribution in [3.05, 3.63) is 117 Å². The normalized spacial score (nSPS) is 18.7. The summed E-state index contributed by atoms with van der Waals surface area (Å²) < 4.78 is 92.6. The van der Waals surface area contributed by atoms with Gasteiger partial charge in [0, 0.05) is 91.6 Å². The zero-order valence-electron chi connectivity index (χ0n) is 49.1. The predicted molar refractivity (Wildman–Crippen MR) is 321 cm³/mol. The van der Waals surface area contributed by atoms with Crippen LogP contribution in [0, 0.1) is 36.5 Å². The largest absolute Gasteiger partial charge is 0.484 e. The number of ether oxygens (including phenoxy) is 6. The number of piperazine rings is 2. The monoisotopic (exact) mass is 1230 g/mol. The Hall–Kier alpha value is -6.50. The van der Waals surface area contributed by atoms with E-state index in [2.05, 4.69) is 75.4 Å². The first-order valence-electron chi connectivity index (χ1n) is 29.6. The van der Waals surface area contributed by atoms with Crippen molar-refractivity contribution in [1.29, 1.82) is 10.5 Å². The van der Waals surface area contributed by atoms with Crippen LogP contribution in [0.1, 0.15) is 69.6 Å². The minimum atomic E-state index is -3.80. The van der Waals surface area contributed by atoms with Gasteiger partial charge < -0.3 is 60.3 Å². The van der Waals surface area contributed by atoms with Gasteiger partial charge in [0.2, 0.25) is 20.0 Å². The summed E-state index contributed by atoms with van der Waals surface area (Å²) in [5, 5.41) is 37.5. The summed E-state index contributed by atoms with van der Waals surface area (Å²) in [6.45, 7) is 14.3. The third-order valence-electron chi connectivity index (χ3n) is 15.3. The molecule has 0 saturated carbocycles. The first-order chi connectivity index (χ1) is 41.7. The van der Waals surface area contributed by atoms with Crippen LogP contribution in [-0.4, -0.2) is 195 Å². The Kier molecular flexibility index (Phi) is 25.1. The van der Waals surface area contributed by atoms with E-state index in [0.29, 0.717) is 61.4 Å². The molecule has 466 valence electrons. The fraction of sp³-hybridized carbons (Fsp3) is 0.533. The van der Waals surface area contributed by atoms with Crippen molar-refractivity contribution in [2.24, 2.45) is 0 Å². The van der Waals surface area contributed by atoms with E-state index in [-0.39, 0.29) is 125 Å². The molecule has 4 amide bonds. The van der Waals surface area contributed by atoms with Crippen LogP contribution in [0.25, 0.3) is 0 Å². The number of hydrogen-bond acceptors (Lipinski definition) is 18. The Morgan fingerprint density at radius 2 is 0.860 bits per heavy atom. The van der Waals surface area contributed by atoms with Crippen LogP contribution in [0.2, 0.25) is 0 Å². The average molecular weight is 1230 g/mol. The molecule has 4 aromatic carbocycles. The molecule has 4 atom stereocenters. The molecule has 4 aliphatic rings. The SMILES string of the molecule is Cc1cc(C#N)c2c(c1)[C@H](Oc1ccc(S(=O)(=O)NCCOCCOCCNC(=O)NCCCCNC(=O)NCCOCCOCCNS(=O)(=O)c3ccc(O[C@H]4c5cc(C)cc(C#N)c5C[C@@H]4N4CCNCC4)cc3)cc1)[C@@H](N1CCNCC1)C2. The standard InChI is InChI=1S/C60H82N12O12S2/c1-43-35-45(41-61)51-39-55(71-23-15-63-16-24-71)57(53(51)37-43)83-47-5-9-49(10-6-47)85(75,76)69-21-29-81-33-31-79-27-19-67-59(73)65-13-3-4-14-66-60(74)68-20-28-80-32-34-82-30-22-70-86(77,78)50-11-7-48(8-12-50)84-58-54-38-44(2)36-46(42-62)52(54)40-56(58)72-25-17-64-18-26-72/h5-12,35-38,55-58,63-64,69-70H,3-4,13-34,39-40H2,1-2H3,(H2,65,67,73)(H2,66,68,74)/t55-,56-,57-,58-/m0/s1. The smallest absolute Gasteiger partial charge is 0.314 e. The highest BCUT2D eigenvalue weighted by Gasteiger charge is 2.41. The zero-order chi connectivity index (χ0) is 60.7. The fourth-order valence-corrected chi connectivity index (χ4v) is 13.1. The van der Waals surface area contributed by atoms with E-state index in [0.717, 1.165) is 85.7 Å². The molecule has 4 aromatic rings. The molecule has 0 unspecified atom stereocenters. The van der Waals surface area contributed by atoms with Crippen LogP contribution >= 0.6 is 0 Å². The predicted octanol–water partition coefficient (Wildman–Crippen LogP) is 2.65. The molecule has 8 rings (SSSR count). The van der Waals surface area contributed by atoms with Gasteiger partial charge in [-0.3, -0.25) is 9.80 Å². The maximum atomic E-state index is 13.0. The number of rotatable bonds is 33. The number of unbranched alkanes of at least 4 members (excludes halogenated alkanes) is 1. The third-order valence-corrected chi connectivity index (χ3v) is 18.3. The molecule has 24 nitrogen and oxygen atoms in total. The third kappa shape index (κ3) is 19.0. The summed E-state index contributed by atoms with van der Waals surface area (Å²) in [5.41, 5.74) is 7.36. The van der Waals surface area contributed by atoms with Gasteiger partial charge in [0.1, 0.15) is 23.7 Å². The molecule has 0 aromatic heterocycles. The highest BCUT2D eigenvalue weighted by molar-refractivity contribution is 7.89. The molecule has 26 heteroatoms. The number of benzene rings is 4. The van der Waals surface area contributed by atoms with Crippen molar-refractivity contribution >= 4 is 32.1 Å². The van der Waals surface area contributed by atoms with Gasteiger partial charge in [-0.15, -0.1) is 0 Å². The quantitative estimate of drug-likeness (QED) is 0.0318. The van der Waals surface area contributed by atoms with Crippen molar-refractivity contribution < 1.29 is 54.8 Å². The number of nitrogens with one attached hydrogen (secondary N) is 8. The molecular formula is C60H82N12O12S2. The molecule has 2 saturated heterocycles. The maximum absolute atomic E-state index is 13.0. The summed E-state index contributed by atoms with van der Waals surface area (Å²) in [6, 6.07) is 24.9. The lowest BCUT2D eigenvalue weighted by atomic mass is 10.0. The Balaban J connectivity index is 0.582. The van der Waals surface area contributed by atoms with Crippen LogP contribution in [0.5, 0.6) is 11.5 Å². The van der Waals surface area contributed by atoms with E-state index in [4.69, 9.17) is 28.4 Å². The first kappa shape index (κ1) is 65.5. The Labute approximate surface area is 505 Å². The lowest BCUT2D eigenvalue weighted by Gasteiger charge is -2.36. The number of urea groups is 2. The van der Waals surface area contributed by atoms with Crippen LogP contribution in [-0.2, 0) is 51.8 Å². The van der Waals surface area contributed by atoms with Gasteiger partial charge in [0.05, 0.1) is 98.0 Å². The minimum absolute atomic E-state index is 0.0545. The van der Waals surface area contributed by atoms with E-state index < -0.39 is 20.0 Å².